The lowest BCUT2D eigenvalue weighted by atomic mass is 10.0. The number of rotatable bonds is 11. The molecule has 3 aliphatic rings. The van der Waals surface area contributed by atoms with E-state index in [1.54, 1.807) is 52.1 Å². The predicted octanol–water partition coefficient (Wildman–Crippen LogP) is 5.06. The van der Waals surface area contributed by atoms with Crippen molar-refractivity contribution in [1.82, 2.24) is 15.2 Å². The van der Waals surface area contributed by atoms with Crippen LogP contribution in [0.5, 0.6) is 5.75 Å². The fraction of sp³-hybridized carbons (Fsp3) is 0.467. The van der Waals surface area contributed by atoms with Crippen molar-refractivity contribution < 1.29 is 38.2 Å². The molecule has 0 bridgehead atoms. The molecule has 47 heavy (non-hydrogen) atoms. The number of amides is 3. The maximum Gasteiger partial charge on any atom is 0.413 e. The van der Waals surface area contributed by atoms with Crippen LogP contribution in [0, 0.1) is 0 Å². The van der Waals surface area contributed by atoms with Crippen LogP contribution >= 0.6 is 46.3 Å². The fourth-order valence-corrected chi connectivity index (χ4v) is 7.14. The summed E-state index contributed by atoms with van der Waals surface area (Å²) in [6.45, 7) is 6.95. The number of fused-ring (bicyclic) bond motifs is 1. The van der Waals surface area contributed by atoms with Gasteiger partial charge in [-0.15, -0.1) is 23.4 Å². The third-order valence-corrected chi connectivity index (χ3v) is 9.99. The van der Waals surface area contributed by atoms with E-state index in [4.69, 9.17) is 42.3 Å². The van der Waals surface area contributed by atoms with E-state index in [0.717, 1.165) is 29.7 Å². The summed E-state index contributed by atoms with van der Waals surface area (Å²) in [5.74, 6) is -0.984. The van der Waals surface area contributed by atoms with Crippen LogP contribution in [0.1, 0.15) is 51.8 Å². The van der Waals surface area contributed by atoms with Gasteiger partial charge in [0, 0.05) is 11.6 Å². The lowest BCUT2D eigenvalue weighted by molar-refractivity contribution is -0.153. The Morgan fingerprint density at radius 2 is 1.89 bits per heavy atom. The van der Waals surface area contributed by atoms with E-state index in [9.17, 15) is 19.2 Å². The number of ether oxygens (including phenoxy) is 3. The van der Waals surface area contributed by atoms with Crippen LogP contribution in [-0.4, -0.2) is 80.8 Å². The van der Waals surface area contributed by atoms with Gasteiger partial charge < -0.3 is 24.4 Å². The molecule has 1 saturated carbocycles. The summed E-state index contributed by atoms with van der Waals surface area (Å²) in [4.78, 5) is 63.9. The molecular formula is C30H33Cl2N5O8S2. The number of carbonyl (C=O) groups excluding carboxylic acids is 4. The van der Waals surface area contributed by atoms with Gasteiger partial charge in [-0.25, -0.2) is 14.6 Å². The quantitative estimate of drug-likeness (QED) is 0.105. The molecule has 2 unspecified atom stereocenters. The maximum atomic E-state index is 13.7. The minimum atomic E-state index is -1.01. The number of nitrogens with zero attached hydrogens (tertiary/aromatic N) is 3. The lowest BCUT2D eigenvalue weighted by Crippen LogP contribution is -2.71. The molecule has 0 radical (unpaired) electrons. The molecule has 2 fully saturated rings. The van der Waals surface area contributed by atoms with Crippen LogP contribution < -0.4 is 15.4 Å². The predicted molar refractivity (Wildman–Crippen MR) is 178 cm³/mol. The topological polar surface area (TPSA) is 158 Å². The largest absolute Gasteiger partial charge is 0.497 e. The summed E-state index contributed by atoms with van der Waals surface area (Å²) in [5, 5.41) is 8.76. The highest BCUT2D eigenvalue weighted by Crippen LogP contribution is 2.42. The van der Waals surface area contributed by atoms with Crippen molar-refractivity contribution >= 4 is 81.0 Å². The number of thiazole rings is 1. The molecule has 1 aliphatic carbocycles. The van der Waals surface area contributed by atoms with Gasteiger partial charge in [-0.2, -0.15) is 0 Å². The molecular weight excluding hydrogens is 693 g/mol. The Kier molecular flexibility index (Phi) is 10.3. The second-order valence-electron chi connectivity index (χ2n) is 12.1. The Bertz CT molecular complexity index is 1640. The zero-order valence-corrected chi connectivity index (χ0v) is 29.3. The number of oxime groups is 1. The standard InChI is InChI=1S/C30H33Cl2N5O8S2/c1-29(2,3)44-28(41)35-27-34-18(22(32)47-27)19(36-45-30(4)10-11-30)23(38)33-20-24(39)37-21(16(12-31)14-46-25(20)37)26(40)43-13-15-6-8-17(42-5)9-7-15/h6-9,20,25H,10-14H2,1-5H3,(H,33,38)(H,34,35,41)/b36-19-. The Morgan fingerprint density at radius 1 is 1.19 bits per heavy atom. The van der Waals surface area contributed by atoms with E-state index in [2.05, 4.69) is 20.8 Å². The average molecular weight is 727 g/mol. The van der Waals surface area contributed by atoms with Crippen molar-refractivity contribution in [2.45, 2.75) is 69.8 Å². The van der Waals surface area contributed by atoms with Crippen LogP contribution in [-0.2, 0) is 35.3 Å². The van der Waals surface area contributed by atoms with E-state index in [-0.39, 0.29) is 39.1 Å². The summed E-state index contributed by atoms with van der Waals surface area (Å²) >= 11 is 14.9. The number of hydrogen-bond donors (Lipinski definition) is 2. The van der Waals surface area contributed by atoms with Gasteiger partial charge in [0.05, 0.1) is 7.11 Å². The molecule has 2 N–H and O–H groups in total. The monoisotopic (exact) mass is 725 g/mol. The molecule has 1 aromatic carbocycles. The van der Waals surface area contributed by atoms with Gasteiger partial charge >= 0.3 is 12.1 Å². The molecule has 0 spiro atoms. The van der Waals surface area contributed by atoms with Gasteiger partial charge in [-0.3, -0.25) is 19.8 Å². The number of anilines is 1. The Balaban J connectivity index is 1.30. The van der Waals surface area contributed by atoms with Crippen LogP contribution in [0.4, 0.5) is 9.93 Å². The van der Waals surface area contributed by atoms with Crippen molar-refractivity contribution in [3.63, 3.8) is 0 Å². The minimum absolute atomic E-state index is 0.0163. The number of alkyl halides is 1. The first kappa shape index (κ1) is 34.8. The second-order valence-corrected chi connectivity index (χ2v) is 15.1. The molecule has 1 saturated heterocycles. The first-order valence-corrected chi connectivity index (χ1v) is 17.3. The number of halogens is 2. The van der Waals surface area contributed by atoms with Crippen LogP contribution in [0.15, 0.2) is 40.7 Å². The van der Waals surface area contributed by atoms with Gasteiger partial charge in [0.2, 0.25) is 0 Å². The van der Waals surface area contributed by atoms with E-state index in [1.807, 2.05) is 6.92 Å². The molecule has 2 aliphatic heterocycles. The fourth-order valence-electron chi connectivity index (χ4n) is 4.43. The van der Waals surface area contributed by atoms with Crippen LogP contribution in [0.3, 0.4) is 0 Å². The smallest absolute Gasteiger partial charge is 0.413 e. The number of hydrogen-bond acceptors (Lipinski definition) is 12. The number of carbonyl (C=O) groups is 4. The van der Waals surface area contributed by atoms with E-state index < -0.39 is 46.5 Å². The van der Waals surface area contributed by atoms with Crippen LogP contribution in [0.25, 0.3) is 0 Å². The number of β-lactam (4-membered cyclic amide) rings is 1. The van der Waals surface area contributed by atoms with E-state index >= 15 is 0 Å². The van der Waals surface area contributed by atoms with Gasteiger partial charge in [0.15, 0.2) is 10.8 Å². The highest BCUT2D eigenvalue weighted by Gasteiger charge is 2.55. The SMILES string of the molecule is COc1ccc(COC(=O)C2=C(CCl)CSC3C(NC(=O)/C(=N\OC4(C)CC4)c4nc(NC(=O)OC(C)(C)C)sc4Cl)C(=O)N23)cc1. The zero-order chi connectivity index (χ0) is 34.1. The number of thioether (sulfide) groups is 1. The van der Waals surface area contributed by atoms with Crippen LogP contribution in [0.2, 0.25) is 4.34 Å². The molecule has 5 rings (SSSR count). The Morgan fingerprint density at radius 3 is 2.51 bits per heavy atom. The van der Waals surface area contributed by atoms with Crippen molar-refractivity contribution in [1.29, 1.82) is 0 Å². The first-order valence-electron chi connectivity index (χ1n) is 14.5. The normalized spacial score (nSPS) is 20.1. The summed E-state index contributed by atoms with van der Waals surface area (Å²) in [6.07, 6.45) is 0.725. The molecule has 252 valence electrons. The minimum Gasteiger partial charge on any atom is -0.497 e. The van der Waals surface area contributed by atoms with Gasteiger partial charge in [0.25, 0.3) is 11.8 Å². The van der Waals surface area contributed by atoms with Crippen molar-refractivity contribution in [3.05, 3.63) is 51.1 Å². The summed E-state index contributed by atoms with van der Waals surface area (Å²) in [6, 6.07) is 6.02. The number of esters is 1. The van der Waals surface area contributed by atoms with E-state index in [1.165, 1.54) is 16.7 Å². The number of aromatic nitrogens is 1. The zero-order valence-electron chi connectivity index (χ0n) is 26.2. The number of methoxy groups -OCH3 is 1. The highest BCUT2D eigenvalue weighted by molar-refractivity contribution is 8.00. The van der Waals surface area contributed by atoms with Gasteiger partial charge in [-0.1, -0.05) is 40.2 Å². The highest BCUT2D eigenvalue weighted by atomic mass is 35.5. The number of nitrogens with one attached hydrogen (secondary N) is 2. The van der Waals surface area contributed by atoms with Crippen molar-refractivity contribution in [3.8, 4) is 5.75 Å². The molecule has 1 aromatic heterocycles. The second kappa shape index (κ2) is 13.9. The average Bonchev–Trinajstić information content (AvgIpc) is 3.66. The molecule has 3 heterocycles. The van der Waals surface area contributed by atoms with Crippen molar-refractivity contribution in [2.24, 2.45) is 5.16 Å². The maximum absolute atomic E-state index is 13.7. The third kappa shape index (κ3) is 8.13. The van der Waals surface area contributed by atoms with Gasteiger partial charge in [0.1, 0.15) is 50.7 Å². The first-order chi connectivity index (χ1) is 22.2. The summed E-state index contributed by atoms with van der Waals surface area (Å²) in [5.41, 5.74) is -0.283. The lowest BCUT2D eigenvalue weighted by Gasteiger charge is -2.49. The summed E-state index contributed by atoms with van der Waals surface area (Å²) in [7, 11) is 1.55. The third-order valence-electron chi connectivity index (χ3n) is 7.16. The van der Waals surface area contributed by atoms with Gasteiger partial charge in [-0.05, 0) is 63.8 Å². The Labute approximate surface area is 289 Å². The molecule has 3 amide bonds. The molecule has 13 nitrogen and oxygen atoms in total. The van der Waals surface area contributed by atoms with E-state index in [0.29, 0.717) is 17.1 Å². The Hall–Kier alpha value is -3.53. The molecule has 2 atom stereocenters. The molecule has 2 aromatic rings. The number of benzene rings is 1. The van der Waals surface area contributed by atoms with Crippen molar-refractivity contribution in [2.75, 3.05) is 24.1 Å². The summed E-state index contributed by atoms with van der Waals surface area (Å²) < 4.78 is 16.0. The molecule has 17 heteroatoms.